The van der Waals surface area contributed by atoms with Crippen molar-refractivity contribution >= 4 is 5.57 Å². The molecule has 0 fully saturated rings. The van der Waals surface area contributed by atoms with Crippen LogP contribution in [-0.2, 0) is 0 Å². The van der Waals surface area contributed by atoms with Gasteiger partial charge in [-0.15, -0.1) is 13.2 Å². The fraction of sp³-hybridized carbons (Fsp3) is 0.200. The Morgan fingerprint density at radius 2 is 1.80 bits per heavy atom. The van der Waals surface area contributed by atoms with Crippen LogP contribution in [0.3, 0.4) is 0 Å². The molecule has 0 heterocycles. The maximum Gasteiger partial charge on any atom is 0.573 e. The van der Waals surface area contributed by atoms with Crippen LogP contribution >= 0.6 is 0 Å². The van der Waals surface area contributed by atoms with Crippen molar-refractivity contribution in [3.8, 4) is 5.75 Å². The summed E-state index contributed by atoms with van der Waals surface area (Å²) in [5.41, 5.74) is 6.69. The molecule has 1 aromatic carbocycles. The Bertz CT molecular complexity index is 343. The largest absolute Gasteiger partial charge is 0.573 e. The van der Waals surface area contributed by atoms with Gasteiger partial charge in [-0.25, -0.2) is 0 Å². The van der Waals surface area contributed by atoms with Gasteiger partial charge >= 0.3 is 6.36 Å². The smallest absolute Gasteiger partial charge is 0.406 e. The molecule has 0 saturated carbocycles. The summed E-state index contributed by atoms with van der Waals surface area (Å²) in [6, 6.07) is 5.42. The molecule has 1 aromatic rings. The van der Waals surface area contributed by atoms with Crippen molar-refractivity contribution in [3.63, 3.8) is 0 Å². The Labute approximate surface area is 85.2 Å². The monoisotopic (exact) mass is 217 g/mol. The highest BCUT2D eigenvalue weighted by Crippen LogP contribution is 2.23. The molecule has 5 heteroatoms. The highest BCUT2D eigenvalue weighted by Gasteiger charge is 2.30. The molecule has 2 nitrogen and oxygen atoms in total. The van der Waals surface area contributed by atoms with E-state index in [-0.39, 0.29) is 12.3 Å². The number of benzene rings is 1. The van der Waals surface area contributed by atoms with Crippen LogP contribution in [0.15, 0.2) is 30.8 Å². The van der Waals surface area contributed by atoms with Crippen molar-refractivity contribution in [1.29, 1.82) is 0 Å². The molecule has 0 bridgehead atoms. The van der Waals surface area contributed by atoms with Crippen molar-refractivity contribution in [2.45, 2.75) is 6.36 Å². The van der Waals surface area contributed by atoms with Crippen molar-refractivity contribution in [3.05, 3.63) is 36.4 Å². The second kappa shape index (κ2) is 4.35. The number of halogens is 3. The zero-order valence-corrected chi connectivity index (χ0v) is 7.84. The van der Waals surface area contributed by atoms with E-state index < -0.39 is 6.36 Å². The zero-order valence-electron chi connectivity index (χ0n) is 7.84. The minimum Gasteiger partial charge on any atom is -0.406 e. The van der Waals surface area contributed by atoms with E-state index in [0.717, 1.165) is 0 Å². The maximum atomic E-state index is 11.8. The lowest BCUT2D eigenvalue weighted by molar-refractivity contribution is -0.274. The van der Waals surface area contributed by atoms with E-state index in [1.54, 1.807) is 0 Å². The van der Waals surface area contributed by atoms with Gasteiger partial charge in [0.05, 0.1) is 0 Å². The molecule has 15 heavy (non-hydrogen) atoms. The Hall–Kier alpha value is -1.49. The van der Waals surface area contributed by atoms with Gasteiger partial charge in [-0.2, -0.15) is 0 Å². The fourth-order valence-corrected chi connectivity index (χ4v) is 1.01. The molecule has 0 aliphatic rings. The van der Waals surface area contributed by atoms with Crippen molar-refractivity contribution in [2.24, 2.45) is 5.73 Å². The molecule has 0 aliphatic heterocycles. The molecule has 0 atom stereocenters. The third kappa shape index (κ3) is 3.63. The second-order valence-corrected chi connectivity index (χ2v) is 2.88. The third-order valence-electron chi connectivity index (χ3n) is 1.74. The average Bonchev–Trinajstić information content (AvgIpc) is 2.15. The lowest BCUT2D eigenvalue weighted by Gasteiger charge is -2.09. The van der Waals surface area contributed by atoms with Crippen LogP contribution in [-0.4, -0.2) is 12.9 Å². The Balaban J connectivity index is 2.77. The van der Waals surface area contributed by atoms with Crippen molar-refractivity contribution < 1.29 is 17.9 Å². The summed E-state index contributed by atoms with van der Waals surface area (Å²) in [4.78, 5) is 0. The van der Waals surface area contributed by atoms with E-state index in [1.807, 2.05) is 0 Å². The molecule has 82 valence electrons. The van der Waals surface area contributed by atoms with Crippen LogP contribution in [0.4, 0.5) is 13.2 Å². The summed E-state index contributed by atoms with van der Waals surface area (Å²) >= 11 is 0. The van der Waals surface area contributed by atoms with Gasteiger partial charge in [-0.1, -0.05) is 18.7 Å². The van der Waals surface area contributed by atoms with Gasteiger partial charge < -0.3 is 10.5 Å². The summed E-state index contributed by atoms with van der Waals surface area (Å²) in [5, 5.41) is 0. The number of hydrogen-bond donors (Lipinski definition) is 1. The summed E-state index contributed by atoms with van der Waals surface area (Å²) in [5.74, 6) is -0.254. The van der Waals surface area contributed by atoms with Gasteiger partial charge in [0, 0.05) is 6.54 Å². The molecule has 2 N–H and O–H groups in total. The maximum absolute atomic E-state index is 11.8. The average molecular weight is 217 g/mol. The van der Waals surface area contributed by atoms with Crippen LogP contribution < -0.4 is 10.5 Å². The van der Waals surface area contributed by atoms with Crippen molar-refractivity contribution in [2.75, 3.05) is 6.54 Å². The zero-order chi connectivity index (χ0) is 11.5. The standard InChI is InChI=1S/C10H10F3NO/c1-7(6-14)8-2-4-9(5-3-8)15-10(11,12)13/h2-5H,1,6,14H2. The lowest BCUT2D eigenvalue weighted by atomic mass is 10.1. The second-order valence-electron chi connectivity index (χ2n) is 2.88. The number of hydrogen-bond acceptors (Lipinski definition) is 2. The van der Waals surface area contributed by atoms with Gasteiger partial charge in [0.25, 0.3) is 0 Å². The first kappa shape index (κ1) is 11.6. The van der Waals surface area contributed by atoms with E-state index in [4.69, 9.17) is 5.73 Å². The van der Waals surface area contributed by atoms with Gasteiger partial charge in [-0.05, 0) is 23.3 Å². The van der Waals surface area contributed by atoms with Crippen LogP contribution in [0.25, 0.3) is 5.57 Å². The summed E-state index contributed by atoms with van der Waals surface area (Å²) < 4.78 is 39.1. The van der Waals surface area contributed by atoms with Gasteiger partial charge in [-0.3, -0.25) is 0 Å². The predicted molar refractivity (Wildman–Crippen MR) is 51.2 cm³/mol. The predicted octanol–water partition coefficient (Wildman–Crippen LogP) is 2.56. The summed E-state index contributed by atoms with van der Waals surface area (Å²) in [7, 11) is 0. The molecular formula is C10H10F3NO. The van der Waals surface area contributed by atoms with Crippen LogP contribution in [0.2, 0.25) is 0 Å². The van der Waals surface area contributed by atoms with E-state index in [1.165, 1.54) is 24.3 Å². The molecule has 0 spiro atoms. The van der Waals surface area contributed by atoms with Gasteiger partial charge in [0.1, 0.15) is 5.75 Å². The highest BCUT2D eigenvalue weighted by molar-refractivity contribution is 5.64. The quantitative estimate of drug-likeness (QED) is 0.844. The first-order valence-corrected chi connectivity index (χ1v) is 4.16. The van der Waals surface area contributed by atoms with E-state index in [9.17, 15) is 13.2 Å². The lowest BCUT2D eigenvalue weighted by Crippen LogP contribution is -2.17. The Morgan fingerprint density at radius 1 is 1.27 bits per heavy atom. The molecule has 1 rings (SSSR count). The Morgan fingerprint density at radius 3 is 2.20 bits per heavy atom. The molecule has 0 aliphatic carbocycles. The van der Waals surface area contributed by atoms with E-state index >= 15 is 0 Å². The van der Waals surface area contributed by atoms with Crippen LogP contribution in [0.1, 0.15) is 5.56 Å². The minimum atomic E-state index is -4.66. The number of rotatable bonds is 3. The first-order valence-electron chi connectivity index (χ1n) is 4.16. The van der Waals surface area contributed by atoms with Gasteiger partial charge in [0.15, 0.2) is 0 Å². The van der Waals surface area contributed by atoms with Crippen LogP contribution in [0.5, 0.6) is 5.75 Å². The number of nitrogens with two attached hydrogens (primary N) is 1. The Kier molecular flexibility index (Phi) is 3.36. The normalized spacial score (nSPS) is 11.2. The highest BCUT2D eigenvalue weighted by atomic mass is 19.4. The molecule has 0 aromatic heterocycles. The topological polar surface area (TPSA) is 35.2 Å². The summed E-state index contributed by atoms with van der Waals surface area (Å²) in [6.45, 7) is 3.92. The minimum absolute atomic E-state index is 0.254. The number of alkyl halides is 3. The van der Waals surface area contributed by atoms with Gasteiger partial charge in [0.2, 0.25) is 0 Å². The fourth-order valence-electron chi connectivity index (χ4n) is 1.01. The third-order valence-corrected chi connectivity index (χ3v) is 1.74. The molecule has 0 radical (unpaired) electrons. The number of ether oxygens (including phenoxy) is 1. The first-order chi connectivity index (χ1) is 6.92. The SMILES string of the molecule is C=C(CN)c1ccc(OC(F)(F)F)cc1. The molecule has 0 amide bonds. The molecule has 0 saturated heterocycles. The molecular weight excluding hydrogens is 207 g/mol. The van der Waals surface area contributed by atoms with E-state index in [0.29, 0.717) is 11.1 Å². The molecule has 0 unspecified atom stereocenters. The summed E-state index contributed by atoms with van der Waals surface area (Å²) in [6.07, 6.45) is -4.66. The van der Waals surface area contributed by atoms with E-state index in [2.05, 4.69) is 11.3 Å². The van der Waals surface area contributed by atoms with Crippen LogP contribution in [0, 0.1) is 0 Å². The van der Waals surface area contributed by atoms with Crippen molar-refractivity contribution in [1.82, 2.24) is 0 Å².